The van der Waals surface area contributed by atoms with Crippen LogP contribution in [0.3, 0.4) is 0 Å². The van der Waals surface area contributed by atoms with Crippen LogP contribution in [0.5, 0.6) is 0 Å². The second-order valence-electron chi connectivity index (χ2n) is 7.22. The van der Waals surface area contributed by atoms with E-state index in [2.05, 4.69) is 12.2 Å². The van der Waals surface area contributed by atoms with Crippen LogP contribution < -0.4 is 0 Å². The van der Waals surface area contributed by atoms with Gasteiger partial charge in [-0.2, -0.15) is 11.3 Å². The predicted molar refractivity (Wildman–Crippen MR) is 117 cm³/mol. The fourth-order valence-electron chi connectivity index (χ4n) is 2.76. The van der Waals surface area contributed by atoms with Gasteiger partial charge in [-0.1, -0.05) is 18.6 Å². The van der Waals surface area contributed by atoms with Gasteiger partial charge < -0.3 is 14.6 Å². The number of rotatable bonds is 7. The van der Waals surface area contributed by atoms with Gasteiger partial charge in [-0.3, -0.25) is 14.4 Å². The Morgan fingerprint density at radius 3 is 2.17 bits per heavy atom. The minimum atomic E-state index is -0.704. The fourth-order valence-corrected chi connectivity index (χ4v) is 3.40. The average molecular weight is 439 g/mol. The smallest absolute Gasteiger partial charge is 0.316 e. The highest BCUT2D eigenvalue weighted by Crippen LogP contribution is 2.27. The van der Waals surface area contributed by atoms with Crippen LogP contribution >= 0.6 is 11.3 Å². The zero-order chi connectivity index (χ0) is 22.4. The van der Waals surface area contributed by atoms with Crippen molar-refractivity contribution in [2.45, 2.75) is 52.9 Å². The monoisotopic (exact) mass is 438 g/mol. The van der Waals surface area contributed by atoms with E-state index in [1.807, 2.05) is 12.3 Å². The van der Waals surface area contributed by atoms with E-state index in [1.165, 1.54) is 17.8 Å². The Labute approximate surface area is 183 Å². The first-order valence-electron chi connectivity index (χ1n) is 10.6. The predicted octanol–water partition coefficient (Wildman–Crippen LogP) is 4.42. The molecule has 0 saturated heterocycles. The van der Waals surface area contributed by atoms with E-state index >= 15 is 0 Å². The summed E-state index contributed by atoms with van der Waals surface area (Å²) in [5.41, 5.74) is 0.579. The number of thiophene rings is 1. The molecule has 1 heterocycles. The third-order valence-electron chi connectivity index (χ3n) is 4.93. The minimum Gasteiger partial charge on any atom is -0.466 e. The highest BCUT2D eigenvalue weighted by molar-refractivity contribution is 7.08. The first-order chi connectivity index (χ1) is 14.4. The van der Waals surface area contributed by atoms with Crippen molar-refractivity contribution in [1.82, 2.24) is 0 Å². The molecule has 3 rings (SSSR count). The molecular weight excluding hydrogens is 404 g/mol. The Morgan fingerprint density at radius 2 is 1.77 bits per heavy atom. The first kappa shape index (κ1) is 26.0. The topological polar surface area (TPSA) is 89.9 Å². The van der Waals surface area contributed by atoms with E-state index in [9.17, 15) is 14.4 Å². The van der Waals surface area contributed by atoms with Gasteiger partial charge in [0.25, 0.3) is 0 Å². The Morgan fingerprint density at radius 1 is 1.13 bits per heavy atom. The molecule has 1 fully saturated rings. The van der Waals surface area contributed by atoms with Gasteiger partial charge in [-0.05, 0) is 63.8 Å². The van der Waals surface area contributed by atoms with Crippen molar-refractivity contribution >= 4 is 29.1 Å². The molecule has 0 spiro atoms. The van der Waals surface area contributed by atoms with Crippen molar-refractivity contribution in [3.63, 3.8) is 0 Å². The summed E-state index contributed by atoms with van der Waals surface area (Å²) in [6.07, 6.45) is 9.69. The summed E-state index contributed by atoms with van der Waals surface area (Å²) in [7, 11) is 0. The maximum absolute atomic E-state index is 11.6. The molecule has 1 aromatic rings. The first-order valence-corrected chi connectivity index (χ1v) is 11.5. The molecule has 7 heteroatoms. The van der Waals surface area contributed by atoms with Crippen molar-refractivity contribution in [3.8, 4) is 0 Å². The lowest BCUT2D eigenvalue weighted by Gasteiger charge is -2.22. The molecule has 0 aliphatic heterocycles. The lowest BCUT2D eigenvalue weighted by Crippen LogP contribution is -2.23. The summed E-state index contributed by atoms with van der Waals surface area (Å²) < 4.78 is 9.57. The summed E-state index contributed by atoms with van der Waals surface area (Å²) in [6, 6.07) is 1.71. The van der Waals surface area contributed by atoms with E-state index in [-0.39, 0.29) is 17.7 Å². The van der Waals surface area contributed by atoms with E-state index < -0.39 is 11.9 Å². The SMILES string of the molecule is CCOC(=O)C(C)C(=O)c1ccsc1.CCOC(=O)C1CCC1.OCC1CC=CC1. The second-order valence-corrected chi connectivity index (χ2v) is 8.00. The Bertz CT molecular complexity index is 655. The number of hydrogen-bond donors (Lipinski definition) is 1. The standard InChI is InChI=1S/C10H12O3S.C7H12O2.C6H10O/c1-3-13-10(12)7(2)9(11)8-4-5-14-6-8;1-2-9-7(8)6-4-3-5-6;7-5-6-3-1-2-4-6/h4-7H,3H2,1-2H3;6H,2-5H2,1H3;1-2,6-7H,3-5H2. The van der Waals surface area contributed by atoms with Crippen LogP contribution in [0, 0.1) is 17.8 Å². The van der Waals surface area contributed by atoms with Gasteiger partial charge >= 0.3 is 11.9 Å². The number of ketones is 1. The van der Waals surface area contributed by atoms with Gasteiger partial charge in [0.15, 0.2) is 5.78 Å². The molecule has 2 aliphatic rings. The number of allylic oxidation sites excluding steroid dienone is 2. The zero-order valence-corrected chi connectivity index (χ0v) is 19.0. The molecule has 30 heavy (non-hydrogen) atoms. The lowest BCUT2D eigenvalue weighted by atomic mass is 9.86. The number of ether oxygens (including phenoxy) is 2. The number of carbonyl (C=O) groups is 3. The quantitative estimate of drug-likeness (QED) is 0.293. The Balaban J connectivity index is 0.000000241. The number of aliphatic hydroxyl groups excluding tert-OH is 1. The van der Waals surface area contributed by atoms with E-state index in [4.69, 9.17) is 14.6 Å². The van der Waals surface area contributed by atoms with Crippen LogP contribution in [0.15, 0.2) is 29.0 Å². The number of aliphatic hydroxyl groups is 1. The molecule has 1 unspecified atom stereocenters. The van der Waals surface area contributed by atoms with E-state index in [0.29, 0.717) is 31.3 Å². The van der Waals surface area contributed by atoms with Gasteiger partial charge in [-0.15, -0.1) is 0 Å². The average Bonchev–Trinajstić information content (AvgIpc) is 3.40. The van der Waals surface area contributed by atoms with Crippen LogP contribution in [0.2, 0.25) is 0 Å². The van der Waals surface area contributed by atoms with Gasteiger partial charge in [0.1, 0.15) is 5.92 Å². The van der Waals surface area contributed by atoms with Crippen molar-refractivity contribution in [1.29, 1.82) is 0 Å². The van der Waals surface area contributed by atoms with Crippen molar-refractivity contribution in [3.05, 3.63) is 34.5 Å². The number of esters is 2. The lowest BCUT2D eigenvalue weighted by molar-refractivity contribution is -0.151. The van der Waals surface area contributed by atoms with Gasteiger partial charge in [-0.25, -0.2) is 0 Å². The number of carbonyl (C=O) groups excluding carboxylic acids is 3. The Kier molecular flexibility index (Phi) is 12.9. The highest BCUT2D eigenvalue weighted by Gasteiger charge is 2.26. The van der Waals surface area contributed by atoms with Gasteiger partial charge in [0.2, 0.25) is 0 Å². The number of Topliss-reactive ketones (excluding diaryl/α,β-unsaturated/α-hetero) is 1. The second kappa shape index (κ2) is 14.9. The molecular formula is C23H34O6S. The third-order valence-corrected chi connectivity index (χ3v) is 5.61. The van der Waals surface area contributed by atoms with Gasteiger partial charge in [0, 0.05) is 17.6 Å². The molecule has 0 aromatic carbocycles. The molecule has 0 radical (unpaired) electrons. The molecule has 2 aliphatic carbocycles. The number of hydrogen-bond acceptors (Lipinski definition) is 7. The molecule has 1 N–H and O–H groups in total. The van der Waals surface area contributed by atoms with Crippen LogP contribution in [-0.4, -0.2) is 42.6 Å². The summed E-state index contributed by atoms with van der Waals surface area (Å²) >= 11 is 1.44. The molecule has 6 nitrogen and oxygen atoms in total. The van der Waals surface area contributed by atoms with Crippen LogP contribution in [0.1, 0.15) is 63.2 Å². The van der Waals surface area contributed by atoms with Crippen LogP contribution in [0.4, 0.5) is 0 Å². The summed E-state index contributed by atoms with van der Waals surface area (Å²) in [5.74, 6) is -0.549. The summed E-state index contributed by atoms with van der Waals surface area (Å²) in [6.45, 7) is 6.32. The zero-order valence-electron chi connectivity index (χ0n) is 18.2. The Hall–Kier alpha value is -1.99. The van der Waals surface area contributed by atoms with Crippen molar-refractivity contribution in [2.75, 3.05) is 19.8 Å². The normalized spacial score (nSPS) is 16.3. The largest absolute Gasteiger partial charge is 0.466 e. The van der Waals surface area contributed by atoms with E-state index in [0.717, 1.165) is 25.7 Å². The molecule has 1 aromatic heterocycles. The highest BCUT2D eigenvalue weighted by atomic mass is 32.1. The maximum atomic E-state index is 11.6. The van der Waals surface area contributed by atoms with Crippen molar-refractivity contribution in [2.24, 2.45) is 17.8 Å². The fraction of sp³-hybridized carbons (Fsp3) is 0.609. The molecule has 1 atom stereocenters. The maximum Gasteiger partial charge on any atom is 0.316 e. The molecule has 0 bridgehead atoms. The molecule has 0 amide bonds. The summed E-state index contributed by atoms with van der Waals surface area (Å²) in [5, 5.41) is 12.1. The van der Waals surface area contributed by atoms with Crippen molar-refractivity contribution < 1.29 is 29.0 Å². The summed E-state index contributed by atoms with van der Waals surface area (Å²) in [4.78, 5) is 33.7. The molecule has 168 valence electrons. The van der Waals surface area contributed by atoms with Crippen LogP contribution in [0.25, 0.3) is 0 Å². The molecule has 1 saturated carbocycles. The van der Waals surface area contributed by atoms with Crippen LogP contribution in [-0.2, 0) is 19.1 Å². The third kappa shape index (κ3) is 9.22. The minimum absolute atomic E-state index is 0.00347. The van der Waals surface area contributed by atoms with E-state index in [1.54, 1.807) is 25.3 Å². The van der Waals surface area contributed by atoms with Gasteiger partial charge in [0.05, 0.1) is 19.1 Å².